The van der Waals surface area contributed by atoms with Crippen LogP contribution < -0.4 is 4.90 Å². The number of pyridine rings is 1. The second-order valence-corrected chi connectivity index (χ2v) is 7.88. The van der Waals surface area contributed by atoms with Crippen molar-refractivity contribution in [2.75, 3.05) is 37.6 Å². The van der Waals surface area contributed by atoms with Crippen molar-refractivity contribution in [2.24, 2.45) is 5.92 Å². The highest BCUT2D eigenvalue weighted by atomic mass is 16.2. The Balaban J connectivity index is 0.000000156. The van der Waals surface area contributed by atoms with Gasteiger partial charge in [-0.05, 0) is 30.9 Å². The highest BCUT2D eigenvalue weighted by Gasteiger charge is 2.31. The Kier molecular flexibility index (Phi) is 6.47. The van der Waals surface area contributed by atoms with Gasteiger partial charge < -0.3 is 4.90 Å². The Morgan fingerprint density at radius 3 is 2.44 bits per heavy atom. The van der Waals surface area contributed by atoms with Gasteiger partial charge in [-0.25, -0.2) is 4.98 Å². The molecule has 1 saturated heterocycles. The summed E-state index contributed by atoms with van der Waals surface area (Å²) < 4.78 is 0. The van der Waals surface area contributed by atoms with Gasteiger partial charge in [0.15, 0.2) is 0 Å². The van der Waals surface area contributed by atoms with Crippen LogP contribution in [0.15, 0.2) is 18.3 Å². The number of piperazine rings is 1. The third-order valence-corrected chi connectivity index (χ3v) is 5.52. The van der Waals surface area contributed by atoms with Gasteiger partial charge in [-0.3, -0.25) is 19.4 Å². The van der Waals surface area contributed by atoms with Crippen molar-refractivity contribution >= 4 is 17.6 Å². The minimum Gasteiger partial charge on any atom is -0.340 e. The maximum absolute atomic E-state index is 11.8. The molecule has 0 spiro atoms. The Bertz CT molecular complexity index is 664. The van der Waals surface area contributed by atoms with Crippen LogP contribution in [0.2, 0.25) is 0 Å². The molecule has 2 amide bonds. The third kappa shape index (κ3) is 4.86. The van der Waals surface area contributed by atoms with Crippen molar-refractivity contribution in [3.05, 3.63) is 23.9 Å². The molecule has 0 radical (unpaired) electrons. The molecule has 2 fully saturated rings. The monoisotopic (exact) mass is 372 g/mol. The van der Waals surface area contributed by atoms with E-state index in [1.165, 1.54) is 18.4 Å². The van der Waals surface area contributed by atoms with Gasteiger partial charge in [0.25, 0.3) is 0 Å². The van der Waals surface area contributed by atoms with E-state index < -0.39 is 0 Å². The number of nitrogens with zero attached hydrogens (tertiary/aromatic N) is 4. The fourth-order valence-corrected chi connectivity index (χ4v) is 3.73. The molecule has 3 aliphatic rings. The molecule has 1 aromatic heterocycles. The quantitative estimate of drug-likeness (QED) is 0.817. The number of carbonyl (C=O) groups excluding carboxylic acids is 2. The highest BCUT2D eigenvalue weighted by molar-refractivity contribution is 5.95. The summed E-state index contributed by atoms with van der Waals surface area (Å²) in [6, 6.07) is 4.82. The van der Waals surface area contributed by atoms with E-state index in [1.54, 1.807) is 11.1 Å². The Hall–Kier alpha value is -1.95. The molecule has 4 rings (SSSR count). The molecule has 27 heavy (non-hydrogen) atoms. The first-order valence-electron chi connectivity index (χ1n) is 10.3. The van der Waals surface area contributed by atoms with Gasteiger partial charge in [-0.15, -0.1) is 0 Å². The SMILES string of the molecule is CC(C)C(=O)N1CCc2cccnc21.CCC(=O)N1CCN(C2CC2)CC1. The van der Waals surface area contributed by atoms with Crippen LogP contribution in [0.25, 0.3) is 0 Å². The number of carbonyl (C=O) groups is 2. The molecule has 1 aromatic rings. The molecule has 6 heteroatoms. The van der Waals surface area contributed by atoms with Crippen LogP contribution in [0.4, 0.5) is 5.82 Å². The molecule has 2 aliphatic heterocycles. The summed E-state index contributed by atoms with van der Waals surface area (Å²) in [6.07, 6.45) is 6.08. The van der Waals surface area contributed by atoms with Crippen molar-refractivity contribution in [1.29, 1.82) is 0 Å². The van der Waals surface area contributed by atoms with Gasteiger partial charge in [-0.2, -0.15) is 0 Å². The van der Waals surface area contributed by atoms with E-state index in [2.05, 4.69) is 9.88 Å². The maximum atomic E-state index is 11.8. The molecule has 0 aromatic carbocycles. The van der Waals surface area contributed by atoms with Gasteiger partial charge in [-0.1, -0.05) is 26.8 Å². The normalized spacial score (nSPS) is 19.6. The van der Waals surface area contributed by atoms with E-state index in [0.29, 0.717) is 12.3 Å². The number of fused-ring (bicyclic) bond motifs is 1. The zero-order valence-corrected chi connectivity index (χ0v) is 16.9. The summed E-state index contributed by atoms with van der Waals surface area (Å²) in [5, 5.41) is 0. The Labute approximate surface area is 162 Å². The van der Waals surface area contributed by atoms with Gasteiger partial charge in [0.1, 0.15) is 5.82 Å². The molecular weight excluding hydrogens is 340 g/mol. The molecule has 1 aliphatic carbocycles. The number of hydrogen-bond acceptors (Lipinski definition) is 4. The topological polar surface area (TPSA) is 56.8 Å². The number of aromatic nitrogens is 1. The number of rotatable bonds is 3. The number of hydrogen-bond donors (Lipinski definition) is 0. The van der Waals surface area contributed by atoms with Crippen molar-refractivity contribution in [2.45, 2.75) is 52.5 Å². The molecule has 0 atom stereocenters. The summed E-state index contributed by atoms with van der Waals surface area (Å²) in [5.41, 5.74) is 1.18. The summed E-state index contributed by atoms with van der Waals surface area (Å²) in [5.74, 6) is 1.38. The van der Waals surface area contributed by atoms with Crippen molar-refractivity contribution in [1.82, 2.24) is 14.8 Å². The van der Waals surface area contributed by atoms with Gasteiger partial charge >= 0.3 is 0 Å². The minimum absolute atomic E-state index is 0.0444. The van der Waals surface area contributed by atoms with Gasteiger partial charge in [0, 0.05) is 57.3 Å². The van der Waals surface area contributed by atoms with E-state index >= 15 is 0 Å². The van der Waals surface area contributed by atoms with E-state index in [4.69, 9.17) is 0 Å². The predicted octanol–water partition coefficient (Wildman–Crippen LogP) is 2.33. The highest BCUT2D eigenvalue weighted by Crippen LogP contribution is 2.27. The lowest BCUT2D eigenvalue weighted by atomic mass is 10.2. The van der Waals surface area contributed by atoms with Crippen LogP contribution in [0.3, 0.4) is 0 Å². The first kappa shape index (κ1) is 19.8. The first-order chi connectivity index (χ1) is 13.0. The van der Waals surface area contributed by atoms with Crippen LogP contribution in [0.1, 0.15) is 45.6 Å². The van der Waals surface area contributed by atoms with Crippen molar-refractivity contribution < 1.29 is 9.59 Å². The molecule has 0 unspecified atom stereocenters. The fraction of sp³-hybridized carbons (Fsp3) is 0.667. The molecule has 3 heterocycles. The molecule has 148 valence electrons. The third-order valence-electron chi connectivity index (χ3n) is 5.52. The van der Waals surface area contributed by atoms with Crippen LogP contribution in [0.5, 0.6) is 0 Å². The van der Waals surface area contributed by atoms with Gasteiger partial charge in [0.05, 0.1) is 0 Å². The summed E-state index contributed by atoms with van der Waals surface area (Å²) in [7, 11) is 0. The molecule has 0 bridgehead atoms. The standard InChI is InChI=1S/C11H14N2O.C10H18N2O/c1-8(2)11(14)13-7-5-9-4-3-6-12-10(9)13;1-2-10(13)12-7-5-11(6-8-12)9-3-4-9/h3-4,6,8H,5,7H2,1-2H3;9H,2-8H2,1H3. The van der Waals surface area contributed by atoms with Crippen molar-refractivity contribution in [3.8, 4) is 0 Å². The average Bonchev–Trinajstić information content (AvgIpc) is 3.46. The first-order valence-corrected chi connectivity index (χ1v) is 10.3. The van der Waals surface area contributed by atoms with Crippen LogP contribution >= 0.6 is 0 Å². The predicted molar refractivity (Wildman–Crippen MR) is 107 cm³/mol. The van der Waals surface area contributed by atoms with E-state index in [9.17, 15) is 9.59 Å². The lowest BCUT2D eigenvalue weighted by Gasteiger charge is -2.34. The summed E-state index contributed by atoms with van der Waals surface area (Å²) >= 11 is 0. The average molecular weight is 373 g/mol. The second-order valence-electron chi connectivity index (χ2n) is 7.88. The zero-order valence-electron chi connectivity index (χ0n) is 16.9. The van der Waals surface area contributed by atoms with Gasteiger partial charge in [0.2, 0.25) is 11.8 Å². The van der Waals surface area contributed by atoms with Crippen LogP contribution in [0, 0.1) is 5.92 Å². The van der Waals surface area contributed by atoms with E-state index in [-0.39, 0.29) is 11.8 Å². The number of amides is 2. The lowest BCUT2D eigenvalue weighted by Crippen LogP contribution is -2.49. The van der Waals surface area contributed by atoms with Crippen LogP contribution in [-0.4, -0.2) is 65.4 Å². The summed E-state index contributed by atoms with van der Waals surface area (Å²) in [4.78, 5) is 33.7. The molecule has 0 N–H and O–H groups in total. The molecular formula is C21H32N4O2. The Morgan fingerprint density at radius 2 is 1.85 bits per heavy atom. The minimum atomic E-state index is 0.0444. The zero-order chi connectivity index (χ0) is 19.4. The van der Waals surface area contributed by atoms with E-state index in [1.807, 2.05) is 37.8 Å². The summed E-state index contributed by atoms with van der Waals surface area (Å²) in [6.45, 7) is 10.6. The Morgan fingerprint density at radius 1 is 1.15 bits per heavy atom. The fourth-order valence-electron chi connectivity index (χ4n) is 3.73. The molecule has 6 nitrogen and oxygen atoms in total. The lowest BCUT2D eigenvalue weighted by molar-refractivity contribution is -0.132. The largest absolute Gasteiger partial charge is 0.340 e. The molecule has 1 saturated carbocycles. The maximum Gasteiger partial charge on any atom is 0.230 e. The second kappa shape index (κ2) is 8.83. The smallest absolute Gasteiger partial charge is 0.230 e. The van der Waals surface area contributed by atoms with E-state index in [0.717, 1.165) is 51.0 Å². The van der Waals surface area contributed by atoms with Crippen LogP contribution in [-0.2, 0) is 16.0 Å². The number of anilines is 1. The van der Waals surface area contributed by atoms with Crippen molar-refractivity contribution in [3.63, 3.8) is 0 Å².